The first-order valence-electron chi connectivity index (χ1n) is 8.33. The normalized spacial score (nSPS) is 13.6. The van der Waals surface area contributed by atoms with Crippen LogP contribution >= 0.6 is 11.8 Å². The number of fused-ring (bicyclic) bond motifs is 1. The Morgan fingerprint density at radius 1 is 1.12 bits per heavy atom. The highest BCUT2D eigenvalue weighted by atomic mass is 32.2. The van der Waals surface area contributed by atoms with Crippen LogP contribution in [0.3, 0.4) is 0 Å². The van der Waals surface area contributed by atoms with E-state index in [1.165, 1.54) is 0 Å². The number of hydrogen-bond donors (Lipinski definition) is 1. The summed E-state index contributed by atoms with van der Waals surface area (Å²) < 4.78 is 30.5. The fraction of sp³-hybridized carbons (Fsp3) is 0.211. The van der Waals surface area contributed by atoms with E-state index < -0.39 is 10.0 Å². The molecule has 0 atom stereocenters. The topological polar surface area (TPSA) is 64.0 Å². The maximum atomic E-state index is 12.8. The summed E-state index contributed by atoms with van der Waals surface area (Å²) in [5.41, 5.74) is 4.11. The molecule has 0 fully saturated rings. The summed E-state index contributed by atoms with van der Waals surface area (Å²) in [7, 11) is -3.67. The average Bonchev–Trinajstić information content (AvgIpc) is 3.19. The number of aromatic nitrogens is 2. The maximum Gasteiger partial charge on any atom is 0.261 e. The van der Waals surface area contributed by atoms with Crippen LogP contribution in [0, 0.1) is 13.8 Å². The lowest BCUT2D eigenvalue weighted by molar-refractivity contribution is 0.601. The van der Waals surface area contributed by atoms with E-state index in [1.807, 2.05) is 44.3 Å². The predicted octanol–water partition coefficient (Wildman–Crippen LogP) is 4.07. The van der Waals surface area contributed by atoms with Crippen LogP contribution in [0.5, 0.6) is 0 Å². The average molecular weight is 386 g/mol. The molecule has 4 rings (SSSR count). The second kappa shape index (κ2) is 6.48. The number of sulfonamides is 1. The van der Waals surface area contributed by atoms with Gasteiger partial charge in [0.25, 0.3) is 10.0 Å². The lowest BCUT2D eigenvalue weighted by Crippen LogP contribution is -2.14. The molecule has 0 spiro atoms. The van der Waals surface area contributed by atoms with Crippen molar-refractivity contribution in [2.45, 2.75) is 30.4 Å². The summed E-state index contributed by atoms with van der Waals surface area (Å²) >= 11 is 1.72. The second-order valence-corrected chi connectivity index (χ2v) is 9.09. The Kier molecular flexibility index (Phi) is 4.28. The number of anilines is 1. The van der Waals surface area contributed by atoms with Gasteiger partial charge in [0.15, 0.2) is 5.16 Å². The molecule has 26 heavy (non-hydrogen) atoms. The van der Waals surface area contributed by atoms with Gasteiger partial charge in [-0.3, -0.25) is 4.72 Å². The van der Waals surface area contributed by atoms with Gasteiger partial charge in [-0.05, 0) is 43.2 Å². The fourth-order valence-corrected chi connectivity index (χ4v) is 5.03. The van der Waals surface area contributed by atoms with Crippen LogP contribution in [-0.2, 0) is 16.6 Å². The Balaban J connectivity index is 1.71. The third-order valence-electron chi connectivity index (χ3n) is 4.54. The zero-order chi connectivity index (χ0) is 18.3. The number of para-hydroxylation sites is 1. The number of rotatable bonds is 4. The van der Waals surface area contributed by atoms with E-state index in [9.17, 15) is 8.42 Å². The van der Waals surface area contributed by atoms with Crippen LogP contribution < -0.4 is 4.72 Å². The van der Waals surface area contributed by atoms with E-state index >= 15 is 0 Å². The molecule has 0 bridgehead atoms. The number of nitrogens with zero attached hydrogens (tertiary/aromatic N) is 2. The molecule has 0 amide bonds. The Hall–Kier alpha value is -2.25. The summed E-state index contributed by atoms with van der Waals surface area (Å²) in [6.07, 6.45) is 1.98. The summed E-state index contributed by atoms with van der Waals surface area (Å²) in [6, 6.07) is 12.5. The van der Waals surface area contributed by atoms with Crippen LogP contribution in [0.1, 0.15) is 11.1 Å². The van der Waals surface area contributed by atoms with E-state index in [-0.39, 0.29) is 4.90 Å². The maximum absolute atomic E-state index is 12.8. The van der Waals surface area contributed by atoms with E-state index in [0.29, 0.717) is 5.69 Å². The molecule has 5 nitrogen and oxygen atoms in total. The van der Waals surface area contributed by atoms with Crippen molar-refractivity contribution in [3.8, 4) is 11.3 Å². The van der Waals surface area contributed by atoms with Gasteiger partial charge in [0.1, 0.15) is 0 Å². The third kappa shape index (κ3) is 3.12. The van der Waals surface area contributed by atoms with Gasteiger partial charge in [-0.1, -0.05) is 36.0 Å². The molecule has 1 aliphatic rings. The number of nitrogens with one attached hydrogen (secondary N) is 1. The quantitative estimate of drug-likeness (QED) is 0.735. The van der Waals surface area contributed by atoms with Crippen molar-refractivity contribution in [3.05, 3.63) is 59.8 Å². The van der Waals surface area contributed by atoms with Gasteiger partial charge in [0, 0.05) is 24.1 Å². The van der Waals surface area contributed by atoms with E-state index in [2.05, 4.69) is 14.3 Å². The monoisotopic (exact) mass is 385 g/mol. The number of imidazole rings is 1. The van der Waals surface area contributed by atoms with Gasteiger partial charge in [-0.15, -0.1) is 0 Å². The van der Waals surface area contributed by atoms with Crippen LogP contribution in [0.15, 0.2) is 58.7 Å². The Morgan fingerprint density at radius 2 is 1.92 bits per heavy atom. The predicted molar refractivity (Wildman–Crippen MR) is 105 cm³/mol. The highest BCUT2D eigenvalue weighted by molar-refractivity contribution is 7.99. The number of thioether (sulfide) groups is 1. The molecule has 2 heterocycles. The van der Waals surface area contributed by atoms with Crippen molar-refractivity contribution in [2.24, 2.45) is 0 Å². The second-order valence-electron chi connectivity index (χ2n) is 6.35. The molecule has 0 unspecified atom stereocenters. The molecule has 1 aliphatic heterocycles. The molecular weight excluding hydrogens is 366 g/mol. The molecular formula is C19H19N3O2S2. The Bertz CT molecular complexity index is 1070. The third-order valence-corrected chi connectivity index (χ3v) is 6.87. The number of hydrogen-bond acceptors (Lipinski definition) is 4. The van der Waals surface area contributed by atoms with Crippen LogP contribution in [-0.4, -0.2) is 23.7 Å². The van der Waals surface area contributed by atoms with Gasteiger partial charge in [-0.25, -0.2) is 13.4 Å². The zero-order valence-corrected chi connectivity index (χ0v) is 16.2. The largest absolute Gasteiger partial charge is 0.325 e. The standard InChI is InChI=1S/C19H19N3O2S2/c1-13-7-8-15(11-14(13)2)26(23,24)21-17-6-4-3-5-16(17)18-12-22-9-10-25-19(22)20-18/h3-8,11-12,21H,9-10H2,1-2H3. The summed E-state index contributed by atoms with van der Waals surface area (Å²) in [5, 5.41) is 0.979. The molecule has 2 aromatic carbocycles. The van der Waals surface area contributed by atoms with Gasteiger partial charge in [0.05, 0.1) is 16.3 Å². The summed E-state index contributed by atoms with van der Waals surface area (Å²) in [6.45, 7) is 4.81. The van der Waals surface area contributed by atoms with Crippen LogP contribution in [0.4, 0.5) is 5.69 Å². The molecule has 1 N–H and O–H groups in total. The molecule has 0 saturated heterocycles. The number of aryl methyl sites for hydroxylation is 3. The van der Waals surface area contributed by atoms with Crippen molar-refractivity contribution >= 4 is 27.5 Å². The van der Waals surface area contributed by atoms with Crippen molar-refractivity contribution in [1.29, 1.82) is 0 Å². The molecule has 0 aliphatic carbocycles. The van der Waals surface area contributed by atoms with Crippen molar-refractivity contribution in [2.75, 3.05) is 10.5 Å². The van der Waals surface area contributed by atoms with E-state index in [4.69, 9.17) is 0 Å². The summed E-state index contributed by atoms with van der Waals surface area (Å²) in [4.78, 5) is 4.90. The van der Waals surface area contributed by atoms with Gasteiger partial charge >= 0.3 is 0 Å². The molecule has 7 heteroatoms. The SMILES string of the molecule is Cc1ccc(S(=O)(=O)Nc2ccccc2-c2cn3c(n2)SCC3)cc1C. The van der Waals surface area contributed by atoms with Gasteiger partial charge < -0.3 is 4.57 Å². The molecule has 0 radical (unpaired) electrons. The van der Waals surface area contributed by atoms with Crippen molar-refractivity contribution in [3.63, 3.8) is 0 Å². The Morgan fingerprint density at radius 3 is 2.69 bits per heavy atom. The summed E-state index contributed by atoms with van der Waals surface area (Å²) in [5.74, 6) is 1.03. The highest BCUT2D eigenvalue weighted by Gasteiger charge is 2.20. The van der Waals surface area contributed by atoms with Crippen molar-refractivity contribution in [1.82, 2.24) is 9.55 Å². The first kappa shape index (κ1) is 17.2. The number of benzene rings is 2. The molecule has 1 aromatic heterocycles. The van der Waals surface area contributed by atoms with Gasteiger partial charge in [0.2, 0.25) is 0 Å². The minimum Gasteiger partial charge on any atom is -0.325 e. The van der Waals surface area contributed by atoms with Crippen molar-refractivity contribution < 1.29 is 8.42 Å². The first-order valence-corrected chi connectivity index (χ1v) is 10.8. The lowest BCUT2D eigenvalue weighted by atomic mass is 10.1. The lowest BCUT2D eigenvalue weighted by Gasteiger charge is -2.12. The first-order chi connectivity index (χ1) is 12.4. The zero-order valence-electron chi connectivity index (χ0n) is 14.6. The smallest absolute Gasteiger partial charge is 0.261 e. The van der Waals surface area contributed by atoms with E-state index in [0.717, 1.165) is 39.8 Å². The molecule has 0 saturated carbocycles. The fourth-order valence-electron chi connectivity index (χ4n) is 2.92. The van der Waals surface area contributed by atoms with Crippen LogP contribution in [0.2, 0.25) is 0 Å². The van der Waals surface area contributed by atoms with E-state index in [1.54, 1.807) is 30.0 Å². The van der Waals surface area contributed by atoms with Gasteiger partial charge in [-0.2, -0.15) is 0 Å². The molecule has 134 valence electrons. The minimum atomic E-state index is -3.67. The molecule has 3 aromatic rings. The Labute approximate surface area is 157 Å². The minimum absolute atomic E-state index is 0.262. The highest BCUT2D eigenvalue weighted by Crippen LogP contribution is 2.33. The van der Waals surface area contributed by atoms with Crippen LogP contribution in [0.25, 0.3) is 11.3 Å².